The van der Waals surface area contributed by atoms with Crippen molar-refractivity contribution in [2.75, 3.05) is 26.0 Å². The summed E-state index contributed by atoms with van der Waals surface area (Å²) < 4.78 is 4.86. The first-order chi connectivity index (χ1) is 9.72. The van der Waals surface area contributed by atoms with Crippen LogP contribution < -0.4 is 11.1 Å². The number of rotatable bonds is 5. The first-order valence-corrected chi connectivity index (χ1v) is 6.17. The van der Waals surface area contributed by atoms with Crippen LogP contribution >= 0.6 is 0 Å². The predicted octanol–water partition coefficient (Wildman–Crippen LogP) is 1.10. The number of ether oxygens (including phenoxy) is 1. The van der Waals surface area contributed by atoms with E-state index in [1.807, 2.05) is 30.3 Å². The van der Waals surface area contributed by atoms with Crippen molar-refractivity contribution in [1.82, 2.24) is 15.3 Å². The molecule has 0 aliphatic carbocycles. The van der Waals surface area contributed by atoms with Gasteiger partial charge in [0.1, 0.15) is 5.82 Å². The summed E-state index contributed by atoms with van der Waals surface area (Å²) in [5, 5.41) is 2.68. The van der Waals surface area contributed by atoms with Crippen molar-refractivity contribution in [3.05, 3.63) is 42.1 Å². The summed E-state index contributed by atoms with van der Waals surface area (Å²) in [4.78, 5) is 20.2. The Hall–Kier alpha value is -2.47. The Balaban J connectivity index is 2.16. The number of nitrogens with zero attached hydrogens (tertiary/aromatic N) is 2. The molecule has 1 aromatic carbocycles. The average Bonchev–Trinajstić information content (AvgIpc) is 2.48. The van der Waals surface area contributed by atoms with Crippen molar-refractivity contribution in [3.63, 3.8) is 0 Å². The van der Waals surface area contributed by atoms with Crippen LogP contribution in [-0.2, 0) is 4.74 Å². The van der Waals surface area contributed by atoms with Crippen LogP contribution in [0.1, 0.15) is 10.4 Å². The van der Waals surface area contributed by atoms with E-state index in [1.54, 1.807) is 7.11 Å². The summed E-state index contributed by atoms with van der Waals surface area (Å²) in [6.07, 6.45) is 1.44. The maximum Gasteiger partial charge on any atom is 0.256 e. The smallest absolute Gasteiger partial charge is 0.256 e. The third-order valence-electron chi connectivity index (χ3n) is 2.69. The zero-order chi connectivity index (χ0) is 14.4. The minimum Gasteiger partial charge on any atom is -0.383 e. The van der Waals surface area contributed by atoms with Crippen molar-refractivity contribution >= 4 is 11.7 Å². The minimum atomic E-state index is -0.306. The van der Waals surface area contributed by atoms with Crippen LogP contribution in [0.15, 0.2) is 36.5 Å². The van der Waals surface area contributed by atoms with Crippen LogP contribution in [0.25, 0.3) is 11.4 Å². The van der Waals surface area contributed by atoms with Gasteiger partial charge in [0.05, 0.1) is 12.2 Å². The fourth-order valence-corrected chi connectivity index (χ4v) is 1.66. The van der Waals surface area contributed by atoms with Gasteiger partial charge < -0.3 is 15.8 Å². The molecule has 0 aliphatic heterocycles. The van der Waals surface area contributed by atoms with Crippen molar-refractivity contribution in [2.24, 2.45) is 0 Å². The first-order valence-electron chi connectivity index (χ1n) is 6.17. The second kappa shape index (κ2) is 6.63. The third kappa shape index (κ3) is 3.30. The van der Waals surface area contributed by atoms with Gasteiger partial charge in [-0.1, -0.05) is 30.3 Å². The lowest BCUT2D eigenvalue weighted by molar-refractivity contribution is 0.0937. The summed E-state index contributed by atoms with van der Waals surface area (Å²) >= 11 is 0. The molecule has 1 heterocycles. The molecule has 20 heavy (non-hydrogen) atoms. The second-order valence-electron chi connectivity index (χ2n) is 4.11. The van der Waals surface area contributed by atoms with Crippen molar-refractivity contribution in [2.45, 2.75) is 0 Å². The predicted molar refractivity (Wildman–Crippen MR) is 76.1 cm³/mol. The lowest BCUT2D eigenvalue weighted by Crippen LogP contribution is -2.28. The van der Waals surface area contributed by atoms with Crippen LogP contribution in [-0.4, -0.2) is 36.1 Å². The number of aromatic nitrogens is 2. The number of hydrogen-bond donors (Lipinski definition) is 2. The Morgan fingerprint density at radius 3 is 2.75 bits per heavy atom. The van der Waals surface area contributed by atoms with Gasteiger partial charge >= 0.3 is 0 Å². The number of nitrogen functional groups attached to an aromatic ring is 1. The standard InChI is InChI=1S/C14H16N4O2/c1-20-8-7-16-14(19)11-9-17-13(18-12(11)15)10-5-3-2-4-6-10/h2-6,9H,7-8H2,1H3,(H,16,19)(H2,15,17,18). The number of amides is 1. The number of carbonyl (C=O) groups excluding carboxylic acids is 1. The van der Waals surface area contributed by atoms with E-state index < -0.39 is 0 Å². The Kier molecular flexibility index (Phi) is 4.62. The van der Waals surface area contributed by atoms with E-state index in [-0.39, 0.29) is 17.3 Å². The zero-order valence-corrected chi connectivity index (χ0v) is 11.2. The van der Waals surface area contributed by atoms with E-state index in [0.29, 0.717) is 19.0 Å². The molecule has 1 aromatic heterocycles. The zero-order valence-electron chi connectivity index (χ0n) is 11.2. The van der Waals surface area contributed by atoms with Gasteiger partial charge in [0.15, 0.2) is 5.82 Å². The monoisotopic (exact) mass is 272 g/mol. The summed E-state index contributed by atoms with van der Waals surface area (Å²) in [6, 6.07) is 9.45. The molecule has 0 atom stereocenters. The van der Waals surface area contributed by atoms with E-state index in [9.17, 15) is 4.79 Å². The van der Waals surface area contributed by atoms with Crippen LogP contribution in [0, 0.1) is 0 Å². The number of carbonyl (C=O) groups is 1. The molecule has 0 unspecified atom stereocenters. The first kappa shape index (κ1) is 14.0. The van der Waals surface area contributed by atoms with E-state index in [1.165, 1.54) is 6.20 Å². The molecule has 0 fully saturated rings. The van der Waals surface area contributed by atoms with Gasteiger partial charge in [0.25, 0.3) is 5.91 Å². The van der Waals surface area contributed by atoms with Crippen molar-refractivity contribution in [3.8, 4) is 11.4 Å². The largest absolute Gasteiger partial charge is 0.383 e. The molecule has 0 spiro atoms. The SMILES string of the molecule is COCCNC(=O)c1cnc(-c2ccccc2)nc1N. The van der Waals surface area contributed by atoms with E-state index in [2.05, 4.69) is 15.3 Å². The lowest BCUT2D eigenvalue weighted by Gasteiger charge is -2.07. The fraction of sp³-hybridized carbons (Fsp3) is 0.214. The molecule has 2 rings (SSSR count). The maximum atomic E-state index is 11.9. The molecule has 0 saturated heterocycles. The number of hydrogen-bond acceptors (Lipinski definition) is 5. The Bertz CT molecular complexity index is 587. The van der Waals surface area contributed by atoms with Crippen LogP contribution in [0.2, 0.25) is 0 Å². The Morgan fingerprint density at radius 1 is 1.35 bits per heavy atom. The third-order valence-corrected chi connectivity index (χ3v) is 2.69. The Labute approximate surface area is 117 Å². The number of nitrogens with two attached hydrogens (primary N) is 1. The van der Waals surface area contributed by atoms with Crippen molar-refractivity contribution < 1.29 is 9.53 Å². The normalized spacial score (nSPS) is 10.2. The summed E-state index contributed by atoms with van der Waals surface area (Å²) in [5.41, 5.74) is 6.94. The van der Waals surface area contributed by atoms with Gasteiger partial charge in [-0.2, -0.15) is 0 Å². The summed E-state index contributed by atoms with van der Waals surface area (Å²) in [6.45, 7) is 0.851. The average molecular weight is 272 g/mol. The van der Waals surface area contributed by atoms with Gasteiger partial charge in [-0.15, -0.1) is 0 Å². The van der Waals surface area contributed by atoms with Crippen molar-refractivity contribution in [1.29, 1.82) is 0 Å². The minimum absolute atomic E-state index is 0.161. The highest BCUT2D eigenvalue weighted by Crippen LogP contribution is 2.16. The maximum absolute atomic E-state index is 11.9. The Morgan fingerprint density at radius 2 is 2.10 bits per heavy atom. The molecule has 0 saturated carbocycles. The highest BCUT2D eigenvalue weighted by atomic mass is 16.5. The molecule has 6 nitrogen and oxygen atoms in total. The second-order valence-corrected chi connectivity index (χ2v) is 4.11. The fourth-order valence-electron chi connectivity index (χ4n) is 1.66. The topological polar surface area (TPSA) is 90.1 Å². The molecular formula is C14H16N4O2. The van der Waals surface area contributed by atoms with E-state index >= 15 is 0 Å². The molecule has 0 bridgehead atoms. The number of benzene rings is 1. The van der Waals surface area contributed by atoms with E-state index in [4.69, 9.17) is 10.5 Å². The molecule has 1 amide bonds. The summed E-state index contributed by atoms with van der Waals surface area (Å²) in [7, 11) is 1.57. The number of anilines is 1. The van der Waals surface area contributed by atoms with Gasteiger partial charge in [0, 0.05) is 25.4 Å². The van der Waals surface area contributed by atoms with Gasteiger partial charge in [-0.05, 0) is 0 Å². The van der Waals surface area contributed by atoms with Crippen LogP contribution in [0.5, 0.6) is 0 Å². The quantitative estimate of drug-likeness (QED) is 0.795. The van der Waals surface area contributed by atoms with Gasteiger partial charge in [0.2, 0.25) is 0 Å². The number of nitrogens with one attached hydrogen (secondary N) is 1. The number of methoxy groups -OCH3 is 1. The van der Waals surface area contributed by atoms with Gasteiger partial charge in [-0.25, -0.2) is 9.97 Å². The molecular weight excluding hydrogens is 256 g/mol. The molecule has 104 valence electrons. The summed E-state index contributed by atoms with van der Waals surface area (Å²) in [5.74, 6) is 0.351. The highest BCUT2D eigenvalue weighted by Gasteiger charge is 2.12. The van der Waals surface area contributed by atoms with Crippen LogP contribution in [0.3, 0.4) is 0 Å². The highest BCUT2D eigenvalue weighted by molar-refractivity contribution is 5.98. The molecule has 0 aliphatic rings. The molecule has 6 heteroatoms. The van der Waals surface area contributed by atoms with E-state index in [0.717, 1.165) is 5.56 Å². The molecule has 3 N–H and O–H groups in total. The molecule has 0 radical (unpaired) electrons. The van der Waals surface area contributed by atoms with Crippen LogP contribution in [0.4, 0.5) is 5.82 Å². The molecule has 2 aromatic rings. The van der Waals surface area contributed by atoms with Gasteiger partial charge in [-0.3, -0.25) is 4.79 Å². The lowest BCUT2D eigenvalue weighted by atomic mass is 10.2.